The van der Waals surface area contributed by atoms with Crippen molar-refractivity contribution in [3.63, 3.8) is 0 Å². The monoisotopic (exact) mass is 335 g/mol. The number of rotatable bonds is 4. The summed E-state index contributed by atoms with van der Waals surface area (Å²) in [5.41, 5.74) is 7.92. The van der Waals surface area contributed by atoms with Gasteiger partial charge in [-0.3, -0.25) is 4.79 Å². The summed E-state index contributed by atoms with van der Waals surface area (Å²) in [6.07, 6.45) is 0. The molecular formula is C18H17N5O2. The Morgan fingerprint density at radius 2 is 1.88 bits per heavy atom. The number of amides is 1. The molecule has 0 aliphatic rings. The van der Waals surface area contributed by atoms with E-state index in [-0.39, 0.29) is 17.3 Å². The molecule has 0 atom stereocenters. The number of phenolic OH excluding ortho intramolecular Hbond substituents is 1. The van der Waals surface area contributed by atoms with Crippen molar-refractivity contribution in [2.75, 3.05) is 23.4 Å². The highest BCUT2D eigenvalue weighted by Crippen LogP contribution is 2.24. The number of nitrogens with zero attached hydrogens (tertiary/aromatic N) is 2. The highest BCUT2D eigenvalue weighted by atomic mass is 16.3. The van der Waals surface area contributed by atoms with Crippen LogP contribution < -0.4 is 16.4 Å². The summed E-state index contributed by atoms with van der Waals surface area (Å²) in [4.78, 5) is 20.6. The fraction of sp³-hybridized carbons (Fsp3) is 0.0556. The van der Waals surface area contributed by atoms with Crippen LogP contribution in [0.15, 0.2) is 54.6 Å². The molecule has 25 heavy (non-hydrogen) atoms. The maximum atomic E-state index is 12.3. The largest absolute Gasteiger partial charge is 0.507 e. The van der Waals surface area contributed by atoms with Crippen molar-refractivity contribution in [2.24, 2.45) is 0 Å². The van der Waals surface area contributed by atoms with Crippen molar-refractivity contribution < 1.29 is 9.90 Å². The van der Waals surface area contributed by atoms with Gasteiger partial charge in [0, 0.05) is 24.4 Å². The molecule has 3 rings (SSSR count). The predicted octanol–water partition coefficient (Wildman–Crippen LogP) is 2.73. The molecule has 0 spiro atoms. The van der Waals surface area contributed by atoms with Crippen LogP contribution in [0.3, 0.4) is 0 Å². The zero-order valence-electron chi connectivity index (χ0n) is 13.5. The third kappa shape index (κ3) is 3.66. The first-order chi connectivity index (χ1) is 12.1. The molecule has 126 valence electrons. The van der Waals surface area contributed by atoms with Crippen LogP contribution in [-0.2, 0) is 0 Å². The SMILES string of the molecule is CNc1cc(-c2cccc(NC(=O)c3ccccc3O)c2)nc(N)n1. The Morgan fingerprint density at radius 3 is 2.64 bits per heavy atom. The highest BCUT2D eigenvalue weighted by Gasteiger charge is 2.11. The molecule has 0 fully saturated rings. The van der Waals surface area contributed by atoms with Gasteiger partial charge in [-0.1, -0.05) is 24.3 Å². The highest BCUT2D eigenvalue weighted by molar-refractivity contribution is 6.06. The van der Waals surface area contributed by atoms with Gasteiger partial charge in [0.2, 0.25) is 5.95 Å². The summed E-state index contributed by atoms with van der Waals surface area (Å²) in [5.74, 6) is 0.295. The molecule has 3 aromatic rings. The Balaban J connectivity index is 1.88. The minimum absolute atomic E-state index is 0.0709. The first-order valence-electron chi connectivity index (χ1n) is 7.59. The fourth-order valence-electron chi connectivity index (χ4n) is 2.36. The quantitative estimate of drug-likeness (QED) is 0.583. The summed E-state index contributed by atoms with van der Waals surface area (Å²) >= 11 is 0. The van der Waals surface area contributed by atoms with E-state index in [4.69, 9.17) is 5.73 Å². The second-order valence-electron chi connectivity index (χ2n) is 5.30. The van der Waals surface area contributed by atoms with Crippen LogP contribution in [-0.4, -0.2) is 28.0 Å². The van der Waals surface area contributed by atoms with Crippen molar-refractivity contribution in [3.8, 4) is 17.0 Å². The molecule has 2 aromatic carbocycles. The molecule has 5 N–H and O–H groups in total. The molecule has 0 bridgehead atoms. The molecule has 0 aliphatic carbocycles. The fourth-order valence-corrected chi connectivity index (χ4v) is 2.36. The maximum absolute atomic E-state index is 12.3. The van der Waals surface area contributed by atoms with Gasteiger partial charge in [0.15, 0.2) is 0 Å². The third-order valence-corrected chi connectivity index (χ3v) is 3.56. The lowest BCUT2D eigenvalue weighted by Crippen LogP contribution is -2.12. The van der Waals surface area contributed by atoms with E-state index in [1.165, 1.54) is 6.07 Å². The Labute approximate surface area is 144 Å². The number of nitrogens with one attached hydrogen (secondary N) is 2. The van der Waals surface area contributed by atoms with Gasteiger partial charge in [-0.05, 0) is 24.3 Å². The van der Waals surface area contributed by atoms with Gasteiger partial charge in [0.25, 0.3) is 5.91 Å². The van der Waals surface area contributed by atoms with Crippen LogP contribution in [0.4, 0.5) is 17.5 Å². The van der Waals surface area contributed by atoms with Gasteiger partial charge in [0.05, 0.1) is 11.3 Å². The third-order valence-electron chi connectivity index (χ3n) is 3.56. The zero-order chi connectivity index (χ0) is 17.8. The number of benzene rings is 2. The van der Waals surface area contributed by atoms with E-state index in [0.717, 1.165) is 5.56 Å². The lowest BCUT2D eigenvalue weighted by Gasteiger charge is -2.09. The van der Waals surface area contributed by atoms with E-state index in [1.807, 2.05) is 6.07 Å². The molecule has 1 heterocycles. The number of aromatic hydroxyl groups is 1. The summed E-state index contributed by atoms with van der Waals surface area (Å²) in [6.45, 7) is 0. The van der Waals surface area contributed by atoms with E-state index < -0.39 is 5.91 Å². The summed E-state index contributed by atoms with van der Waals surface area (Å²) in [7, 11) is 1.74. The topological polar surface area (TPSA) is 113 Å². The number of hydrogen-bond acceptors (Lipinski definition) is 6. The first kappa shape index (κ1) is 16.3. The number of carbonyl (C=O) groups excluding carboxylic acids is 1. The lowest BCUT2D eigenvalue weighted by atomic mass is 10.1. The number of aromatic nitrogens is 2. The van der Waals surface area contributed by atoms with Gasteiger partial charge >= 0.3 is 0 Å². The Hall–Kier alpha value is -3.61. The second-order valence-corrected chi connectivity index (χ2v) is 5.30. The van der Waals surface area contributed by atoms with Crippen LogP contribution in [0.1, 0.15) is 10.4 Å². The Kier molecular flexibility index (Phi) is 4.47. The molecule has 7 heteroatoms. The number of hydrogen-bond donors (Lipinski definition) is 4. The van der Waals surface area contributed by atoms with Gasteiger partial charge in [-0.15, -0.1) is 0 Å². The van der Waals surface area contributed by atoms with Crippen molar-refractivity contribution in [1.82, 2.24) is 9.97 Å². The van der Waals surface area contributed by atoms with Gasteiger partial charge < -0.3 is 21.5 Å². The van der Waals surface area contributed by atoms with E-state index in [1.54, 1.807) is 49.5 Å². The minimum Gasteiger partial charge on any atom is -0.507 e. The Bertz CT molecular complexity index is 927. The molecule has 0 aliphatic heterocycles. The normalized spacial score (nSPS) is 10.3. The smallest absolute Gasteiger partial charge is 0.259 e. The van der Waals surface area contributed by atoms with Crippen molar-refractivity contribution in [3.05, 3.63) is 60.2 Å². The average molecular weight is 335 g/mol. The standard InChI is InChI=1S/C18H17N5O2/c1-20-16-10-14(22-18(19)23-16)11-5-4-6-12(9-11)21-17(25)13-7-2-3-8-15(13)24/h2-10,24H,1H3,(H,21,25)(H3,19,20,22,23). The summed E-state index contributed by atoms with van der Waals surface area (Å²) in [6, 6.07) is 15.3. The molecule has 7 nitrogen and oxygen atoms in total. The van der Waals surface area contributed by atoms with Gasteiger partial charge in [0.1, 0.15) is 11.6 Å². The summed E-state index contributed by atoms with van der Waals surface area (Å²) in [5, 5.41) is 15.5. The molecule has 0 saturated heterocycles. The van der Waals surface area contributed by atoms with Crippen LogP contribution in [0.2, 0.25) is 0 Å². The summed E-state index contributed by atoms with van der Waals surface area (Å²) < 4.78 is 0. The zero-order valence-corrected chi connectivity index (χ0v) is 13.5. The molecular weight excluding hydrogens is 318 g/mol. The Morgan fingerprint density at radius 1 is 1.08 bits per heavy atom. The minimum atomic E-state index is -0.395. The van der Waals surface area contributed by atoms with Crippen molar-refractivity contribution >= 4 is 23.4 Å². The van der Waals surface area contributed by atoms with E-state index in [0.29, 0.717) is 17.2 Å². The molecule has 0 saturated carbocycles. The lowest BCUT2D eigenvalue weighted by molar-refractivity contribution is 0.102. The number of anilines is 3. The molecule has 1 amide bonds. The first-order valence-corrected chi connectivity index (χ1v) is 7.59. The molecule has 0 radical (unpaired) electrons. The number of phenols is 1. The van der Waals surface area contributed by atoms with Gasteiger partial charge in [-0.25, -0.2) is 4.98 Å². The van der Waals surface area contributed by atoms with E-state index >= 15 is 0 Å². The number of nitrogens with two attached hydrogens (primary N) is 1. The van der Waals surface area contributed by atoms with Crippen LogP contribution >= 0.6 is 0 Å². The molecule has 1 aromatic heterocycles. The van der Waals surface area contributed by atoms with Crippen molar-refractivity contribution in [2.45, 2.75) is 0 Å². The van der Waals surface area contributed by atoms with Crippen LogP contribution in [0, 0.1) is 0 Å². The number of carbonyl (C=O) groups is 1. The van der Waals surface area contributed by atoms with Crippen molar-refractivity contribution in [1.29, 1.82) is 0 Å². The van der Waals surface area contributed by atoms with Gasteiger partial charge in [-0.2, -0.15) is 4.98 Å². The number of para-hydroxylation sites is 1. The maximum Gasteiger partial charge on any atom is 0.259 e. The van der Waals surface area contributed by atoms with Crippen LogP contribution in [0.25, 0.3) is 11.3 Å². The average Bonchev–Trinajstić information content (AvgIpc) is 2.61. The molecule has 0 unspecified atom stereocenters. The van der Waals surface area contributed by atoms with Crippen LogP contribution in [0.5, 0.6) is 5.75 Å². The van der Waals surface area contributed by atoms with E-state index in [9.17, 15) is 9.90 Å². The van der Waals surface area contributed by atoms with E-state index in [2.05, 4.69) is 20.6 Å². The second kappa shape index (κ2) is 6.88. The number of nitrogen functional groups attached to an aromatic ring is 1. The predicted molar refractivity (Wildman–Crippen MR) is 97.5 cm³/mol.